The number of nitrogens with two attached hydrogens (primary N) is 1. The molecule has 0 saturated carbocycles. The average Bonchev–Trinajstić information content (AvgIpc) is 0.829. The second-order valence-corrected chi connectivity index (χ2v) is 43.7. The number of nitrogens with zero attached hydrogens (tertiary/aromatic N) is 16. The Kier molecular flexibility index (Phi) is 72.2. The minimum Gasteiger partial charge on any atom is -1.00 e. The molecule has 3 N–H and O–H groups in total. The fraction of sp³-hybridized carbons (Fsp3) is 0.471. The molecule has 0 aromatic carbocycles. The zero-order valence-electron chi connectivity index (χ0n) is 66.8. The third-order valence-corrected chi connectivity index (χ3v) is 29.2. The van der Waals surface area contributed by atoms with Crippen molar-refractivity contribution < 1.29 is 89.6 Å². The number of nitriles is 1. The Hall–Kier alpha value is -5.05. The molecular formula is C70H108BBr2Cl2MgN17NaO9SSi3. The number of thiol groups is 1. The Bertz CT molecular complexity index is 3420. The molecule has 107 heavy (non-hydrogen) atoms. The first-order chi connectivity index (χ1) is 48.4. The van der Waals surface area contributed by atoms with Gasteiger partial charge < -0.3 is 53.5 Å². The van der Waals surface area contributed by atoms with E-state index in [1.165, 1.54) is 38.1 Å². The summed E-state index contributed by atoms with van der Waals surface area (Å²) >= 11 is 17.1. The minimum atomic E-state index is -1.94. The number of carbonyl (C=O) groups excluding carboxylic acids is 5. The van der Waals surface area contributed by atoms with E-state index in [-0.39, 0.29) is 137 Å². The molecule has 5 unspecified atom stereocenters. The Labute approximate surface area is 712 Å². The van der Waals surface area contributed by atoms with Crippen LogP contribution >= 0.6 is 51.4 Å². The van der Waals surface area contributed by atoms with Crippen LogP contribution in [0.1, 0.15) is 190 Å². The van der Waals surface area contributed by atoms with Crippen molar-refractivity contribution in [2.24, 2.45) is 10.0 Å². The van der Waals surface area contributed by atoms with Gasteiger partial charge >= 0.3 is 77.4 Å². The normalized spacial score (nSPS) is 11.7. The first-order valence-electron chi connectivity index (χ1n) is 32.3. The maximum atomic E-state index is 12.1. The van der Waals surface area contributed by atoms with Gasteiger partial charge in [0.1, 0.15) is 24.1 Å². The minimum absolute atomic E-state index is 0. The van der Waals surface area contributed by atoms with E-state index in [4.69, 9.17) is 45.9 Å². The van der Waals surface area contributed by atoms with Crippen LogP contribution in [0.2, 0.25) is 54.4 Å². The van der Waals surface area contributed by atoms with Crippen LogP contribution in [-0.2, 0) is 13.6 Å². The molecule has 7 heterocycles. The van der Waals surface area contributed by atoms with Gasteiger partial charge in [-0.15, -0.1) is 11.6 Å². The van der Waals surface area contributed by atoms with Crippen molar-refractivity contribution >= 4 is 141 Å². The van der Waals surface area contributed by atoms with Gasteiger partial charge in [0.25, 0.3) is 0 Å². The number of aliphatic hydroxyl groups is 1. The Morgan fingerprint density at radius 2 is 0.888 bits per heavy atom. The number of hydrogen-bond donors (Lipinski definition) is 3. The van der Waals surface area contributed by atoms with Crippen LogP contribution in [0, 0.1) is 18.3 Å². The molecule has 7 aromatic rings. The molecule has 0 bridgehead atoms. The molecule has 579 valence electrons. The molecule has 0 aliphatic carbocycles. The van der Waals surface area contributed by atoms with Crippen LogP contribution in [0.25, 0.3) is 5.57 Å². The van der Waals surface area contributed by atoms with Gasteiger partial charge in [-0.3, -0.25) is 19.2 Å². The molecule has 37 heteroatoms. The molecule has 7 aromatic heterocycles. The van der Waals surface area contributed by atoms with E-state index < -0.39 is 48.5 Å². The summed E-state index contributed by atoms with van der Waals surface area (Å²) in [5.74, 6) is 1.81. The van der Waals surface area contributed by atoms with Gasteiger partial charge in [0.15, 0.2) is 58.9 Å². The second kappa shape index (κ2) is 65.6. The van der Waals surface area contributed by atoms with Crippen molar-refractivity contribution in [2.45, 2.75) is 208 Å². The number of hydrogen-bond acceptors (Lipinski definition) is 27. The molecule has 26 nitrogen and oxygen atoms in total. The average molecular weight is 1740 g/mol. The number of halogens is 4. The number of carbonyl (C=O) groups is 5. The third-order valence-electron chi connectivity index (χ3n) is 14.4. The topological polar surface area (TPSA) is 390 Å². The van der Waals surface area contributed by atoms with Crippen LogP contribution in [-0.4, -0.2) is 189 Å². The Morgan fingerprint density at radius 1 is 0.626 bits per heavy atom. The predicted molar refractivity (Wildman–Crippen MR) is 433 cm³/mol. The van der Waals surface area contributed by atoms with Crippen LogP contribution in [0.15, 0.2) is 140 Å². The molecule has 0 fully saturated rings. The zero-order chi connectivity index (χ0) is 81.5. The first-order valence-corrected chi connectivity index (χ1v) is 44.2. The molecule has 0 amide bonds. The van der Waals surface area contributed by atoms with Gasteiger partial charge in [0.05, 0.1) is 17.0 Å². The van der Waals surface area contributed by atoms with Gasteiger partial charge in [0, 0.05) is 106 Å². The number of aliphatic hydroxyl groups excluding tert-OH is 1. The maximum Gasteiger partial charge on any atom is 2.00 e. The molecule has 5 atom stereocenters. The molecule has 1 radical (unpaired) electrons. The summed E-state index contributed by atoms with van der Waals surface area (Å²) < 4.78 is 15.0. The number of ketones is 4. The zero-order valence-corrected chi connectivity index (χ0v) is 78.8. The summed E-state index contributed by atoms with van der Waals surface area (Å²) in [6.45, 7) is 49.9. The van der Waals surface area contributed by atoms with Gasteiger partial charge in [0.2, 0.25) is 23.2 Å². The van der Waals surface area contributed by atoms with E-state index in [1.54, 1.807) is 132 Å². The van der Waals surface area contributed by atoms with Crippen molar-refractivity contribution in [1.29, 1.82) is 5.26 Å². The predicted octanol–water partition coefficient (Wildman–Crippen LogP) is 7.86. The monoisotopic (exact) mass is 1730 g/mol. The SMILES string of the molecule is C/C=C(\C)c1ncccn1.CC(Br)C(=O)c1ncccn1.CC(C)(C)[Si](C)(C)Cl.CC(O)C(=O)c1ncccn1.CC(O[Si](C)(C)C(C)(C)C)C(=O)c1ncccn1.CC(O[Si](C)(C)C(C)(C)C)C(N)c1ncccn1.CCC(=O)c1ncccn1.CCl.N#Cc1ncccn1.O=C[O-].[B]=NS.[Br-].[CH2-]C.[Mg+2].[Na+]. The van der Waals surface area contributed by atoms with Gasteiger partial charge in [-0.1, -0.05) is 104 Å². The van der Waals surface area contributed by atoms with Crippen molar-refractivity contribution in [2.75, 3.05) is 6.38 Å². The first kappa shape index (κ1) is 118. The summed E-state index contributed by atoms with van der Waals surface area (Å²) in [5.41, 5.74) is 7.27. The molecule has 0 saturated heterocycles. The van der Waals surface area contributed by atoms with Crippen LogP contribution in [0.5, 0.6) is 0 Å². The van der Waals surface area contributed by atoms with E-state index in [9.17, 15) is 19.2 Å². The quantitative estimate of drug-likeness (QED) is 0.0167. The standard InChI is InChI=1S/C13H25N3OSi.C13H22N2O2Si.C8H10N2.C7H7BrN2O.C7H8N2O2.C7H8N2O.C6H15ClSi.C5H3N3.C2H5.CH3Cl.CH2O2.BHNS.BrH.Mg.Na/c1-10(17-18(5,6)13(2,3)4)11(14)12-15-8-7-9-16-12;1-10(17-18(5,6)13(2,3)4)11(16)12-14-8-7-9-15-12;1-3-7(2)8-9-5-4-6-10-8;1-5(8)6(11)7-9-3-2-4-10-7;1-5(10)6(11)7-8-3-2-4-9-7;1-2-6(10)7-8-4-3-5-9-7;1-6(2,3)8(4,5)7;6-4-5-7-2-1-3-8-5;2*1-2;2-1-3;1-2-3;;;/h7-11H,14H2,1-6H3;7-10H,1-6H3;3-6H,1-2H3;2-5H,1H3;2-5,10H,1H3;3-5H,2H2,1H3;1-5H3;1-3H;1H2,2H3;1H3;1H,(H,2,3);3H;1H;;/q;;;;;;;;-1;;;;;+2;+1/p-2/b;;7-3+;;;;;;;;;;;;. The fourth-order valence-corrected chi connectivity index (χ4v) is 8.47. The van der Waals surface area contributed by atoms with E-state index in [2.05, 4.69) is 231 Å². The van der Waals surface area contributed by atoms with Gasteiger partial charge in [-0.05, 0) is 131 Å². The van der Waals surface area contributed by atoms with Gasteiger partial charge in [-0.2, -0.15) is 23.3 Å². The fourth-order valence-electron chi connectivity index (χ4n) is 5.50. The molecule has 0 aliphatic rings. The van der Waals surface area contributed by atoms with Crippen molar-refractivity contribution in [1.82, 2.24) is 69.8 Å². The molecular weight excluding hydrogens is 1630 g/mol. The number of alkyl halides is 2. The summed E-state index contributed by atoms with van der Waals surface area (Å²) in [4.78, 5) is 107. The second-order valence-electron chi connectivity index (χ2n) is 25.3. The summed E-state index contributed by atoms with van der Waals surface area (Å²) in [7, 11) is -0.789. The van der Waals surface area contributed by atoms with Crippen LogP contribution in [0.4, 0.5) is 0 Å². The van der Waals surface area contributed by atoms with E-state index in [1.807, 2.05) is 32.9 Å². The van der Waals surface area contributed by atoms with Crippen molar-refractivity contribution in [3.63, 3.8) is 0 Å². The molecule has 7 rings (SSSR count). The van der Waals surface area contributed by atoms with Crippen LogP contribution in [0.3, 0.4) is 0 Å². The van der Waals surface area contributed by atoms with Crippen LogP contribution < -0.4 is 57.4 Å². The van der Waals surface area contributed by atoms with E-state index in [0.717, 1.165) is 11.4 Å². The Balaban J connectivity index is -0.000000173. The number of allylic oxidation sites excluding steroid dienone is 2. The van der Waals surface area contributed by atoms with E-state index >= 15 is 0 Å². The van der Waals surface area contributed by atoms with Crippen molar-refractivity contribution in [3.8, 4) is 6.07 Å². The summed E-state index contributed by atoms with van der Waals surface area (Å²) in [5, 5.41) is 25.9. The Morgan fingerprint density at radius 3 is 1.14 bits per heavy atom. The molecule has 0 aliphatic heterocycles. The maximum absolute atomic E-state index is 12.1. The van der Waals surface area contributed by atoms with Crippen molar-refractivity contribution in [3.05, 3.63) is 183 Å². The number of carboxylic acid groups (broad SMARTS) is 1. The van der Waals surface area contributed by atoms with Gasteiger partial charge in [-0.25, -0.2) is 69.8 Å². The number of rotatable bonds is 15. The third kappa shape index (κ3) is 55.1. The summed E-state index contributed by atoms with van der Waals surface area (Å²) in [6.07, 6.45) is 24.6. The molecule has 0 spiro atoms. The smallest absolute Gasteiger partial charge is 1.00 e. The number of Topliss-reactive ketones (excluding diaryl/α,β-unsaturated/α-hetero) is 4. The summed E-state index contributed by atoms with van der Waals surface area (Å²) in [6, 6.07) is 13.5. The largest absolute Gasteiger partial charge is 2.00 e. The van der Waals surface area contributed by atoms with E-state index in [0.29, 0.717) is 23.1 Å². The number of aromatic nitrogens is 14.